The number of likely N-dealkylation sites (N-methyl/N-ethyl adjacent to an activating group) is 1. The summed E-state index contributed by atoms with van der Waals surface area (Å²) in [5.74, 6) is -1.08. The van der Waals surface area contributed by atoms with Crippen LogP contribution in [0.5, 0.6) is 0 Å². The maximum atomic E-state index is 13.7. The van der Waals surface area contributed by atoms with Gasteiger partial charge in [0.25, 0.3) is 5.56 Å². The van der Waals surface area contributed by atoms with E-state index < -0.39 is 18.0 Å². The molecular weight excluding hydrogens is 432 g/mol. The molecule has 2 aromatic heterocycles. The molecule has 1 saturated heterocycles. The standard InChI is InChI=1S/C26H30N4O4/c1-28(2)26(34)24-20(15-31)19-14-29-21(10-9-18(25(29)33)17-7-3-4-8-17)23(19)30(24)22(32)12-16-6-5-11-27-13-16/h5-7,9-11,13,19-20,23-24,31H,3-4,8,12,14-15H2,1-2H3/t19-,20-,23+,24-/m0/s1. The van der Waals surface area contributed by atoms with E-state index in [1.54, 1.807) is 42.0 Å². The van der Waals surface area contributed by atoms with Crippen LogP contribution < -0.4 is 5.56 Å². The molecule has 0 spiro atoms. The Bertz CT molecular complexity index is 1200. The van der Waals surface area contributed by atoms with Gasteiger partial charge in [-0.15, -0.1) is 0 Å². The van der Waals surface area contributed by atoms with Crippen LogP contribution in [-0.2, 0) is 22.6 Å². The second kappa shape index (κ2) is 8.83. The molecule has 2 amide bonds. The van der Waals surface area contributed by atoms with Crippen LogP contribution in [0.4, 0.5) is 0 Å². The lowest BCUT2D eigenvalue weighted by molar-refractivity contribution is -0.145. The van der Waals surface area contributed by atoms with Gasteiger partial charge in [0.05, 0.1) is 12.5 Å². The number of likely N-dealkylation sites (tertiary alicyclic amines) is 1. The first-order valence-corrected chi connectivity index (χ1v) is 11.9. The van der Waals surface area contributed by atoms with E-state index in [0.717, 1.165) is 41.7 Å². The van der Waals surface area contributed by atoms with Crippen molar-refractivity contribution in [1.82, 2.24) is 19.4 Å². The van der Waals surface area contributed by atoms with Crippen LogP contribution in [0.25, 0.3) is 5.57 Å². The summed E-state index contributed by atoms with van der Waals surface area (Å²) in [6.45, 7) is 0.155. The molecule has 0 aromatic carbocycles. The van der Waals surface area contributed by atoms with Crippen LogP contribution >= 0.6 is 0 Å². The normalized spacial score (nSPS) is 25.1. The second-order valence-corrected chi connectivity index (χ2v) is 9.68. The fourth-order valence-corrected chi connectivity index (χ4v) is 5.94. The monoisotopic (exact) mass is 462 g/mol. The van der Waals surface area contributed by atoms with Crippen LogP contribution in [0.3, 0.4) is 0 Å². The zero-order valence-electron chi connectivity index (χ0n) is 19.6. The maximum absolute atomic E-state index is 13.7. The summed E-state index contributed by atoms with van der Waals surface area (Å²) in [6.07, 6.45) is 8.46. The zero-order chi connectivity index (χ0) is 24.0. The van der Waals surface area contributed by atoms with Gasteiger partial charge in [-0.25, -0.2) is 0 Å². The number of aromatic nitrogens is 2. The highest BCUT2D eigenvalue weighted by Crippen LogP contribution is 2.49. The van der Waals surface area contributed by atoms with Gasteiger partial charge < -0.3 is 19.5 Å². The van der Waals surface area contributed by atoms with Crippen molar-refractivity contribution < 1.29 is 14.7 Å². The van der Waals surface area contributed by atoms with Crippen molar-refractivity contribution in [1.29, 1.82) is 0 Å². The minimum atomic E-state index is -0.778. The lowest BCUT2D eigenvalue weighted by Crippen LogP contribution is -2.50. The molecule has 1 aliphatic carbocycles. The number of rotatable bonds is 5. The molecule has 1 fully saturated rings. The van der Waals surface area contributed by atoms with Gasteiger partial charge in [0, 0.05) is 62.7 Å². The van der Waals surface area contributed by atoms with Crippen molar-refractivity contribution >= 4 is 17.4 Å². The molecule has 8 nitrogen and oxygen atoms in total. The van der Waals surface area contributed by atoms with Gasteiger partial charge in [0.15, 0.2) is 0 Å². The maximum Gasteiger partial charge on any atom is 0.258 e. The molecule has 8 heteroatoms. The Kier molecular flexibility index (Phi) is 5.85. The van der Waals surface area contributed by atoms with Gasteiger partial charge in [-0.3, -0.25) is 19.4 Å². The van der Waals surface area contributed by atoms with Crippen LogP contribution in [0.15, 0.2) is 47.5 Å². The summed E-state index contributed by atoms with van der Waals surface area (Å²) < 4.78 is 1.76. The predicted octanol–water partition coefficient (Wildman–Crippen LogP) is 1.63. The van der Waals surface area contributed by atoms with Crippen molar-refractivity contribution in [3.05, 3.63) is 69.9 Å². The Morgan fingerprint density at radius 2 is 2.06 bits per heavy atom. The number of amides is 2. The minimum Gasteiger partial charge on any atom is -0.396 e. The van der Waals surface area contributed by atoms with Crippen LogP contribution in [0.2, 0.25) is 0 Å². The third-order valence-corrected chi connectivity index (χ3v) is 7.52. The van der Waals surface area contributed by atoms with E-state index in [2.05, 4.69) is 11.1 Å². The number of nitrogens with zero attached hydrogens (tertiary/aromatic N) is 4. The first-order chi connectivity index (χ1) is 16.4. The van der Waals surface area contributed by atoms with Crippen LogP contribution in [0.1, 0.15) is 42.1 Å². The van der Waals surface area contributed by atoms with Gasteiger partial charge in [0.2, 0.25) is 11.8 Å². The molecule has 4 heterocycles. The summed E-state index contributed by atoms with van der Waals surface area (Å²) in [5.41, 5.74) is 3.25. The van der Waals surface area contributed by atoms with Gasteiger partial charge >= 0.3 is 0 Å². The zero-order valence-corrected chi connectivity index (χ0v) is 19.6. The van der Waals surface area contributed by atoms with Crippen LogP contribution in [0, 0.1) is 11.8 Å². The Labute approximate surface area is 198 Å². The fourth-order valence-electron chi connectivity index (χ4n) is 5.94. The molecule has 2 aliphatic heterocycles. The smallest absolute Gasteiger partial charge is 0.258 e. The van der Waals surface area contributed by atoms with E-state index in [-0.39, 0.29) is 36.3 Å². The molecule has 1 N–H and O–H groups in total. The third-order valence-electron chi connectivity index (χ3n) is 7.52. The largest absolute Gasteiger partial charge is 0.396 e. The van der Waals surface area contributed by atoms with E-state index in [1.807, 2.05) is 18.2 Å². The van der Waals surface area contributed by atoms with Crippen molar-refractivity contribution in [2.75, 3.05) is 20.7 Å². The molecule has 2 aromatic rings. The Morgan fingerprint density at radius 1 is 1.24 bits per heavy atom. The molecule has 0 saturated carbocycles. The van der Waals surface area contributed by atoms with E-state index in [0.29, 0.717) is 6.54 Å². The topological polar surface area (TPSA) is 95.7 Å². The molecule has 178 valence electrons. The number of hydrogen-bond donors (Lipinski definition) is 1. The van der Waals surface area contributed by atoms with E-state index in [9.17, 15) is 19.5 Å². The Hall–Kier alpha value is -3.26. The third kappa shape index (κ3) is 3.57. The molecule has 0 unspecified atom stereocenters. The predicted molar refractivity (Wildman–Crippen MR) is 127 cm³/mol. The lowest BCUT2D eigenvalue weighted by Gasteiger charge is -2.32. The number of allylic oxidation sites excluding steroid dienone is 2. The minimum absolute atomic E-state index is 0.0492. The van der Waals surface area contributed by atoms with Crippen molar-refractivity contribution in [3.63, 3.8) is 0 Å². The summed E-state index contributed by atoms with van der Waals surface area (Å²) in [7, 11) is 3.32. The number of aliphatic hydroxyl groups excluding tert-OH is 1. The molecule has 3 aliphatic rings. The van der Waals surface area contributed by atoms with E-state index in [4.69, 9.17) is 0 Å². The quantitative estimate of drug-likeness (QED) is 0.729. The molecular formula is C26H30N4O4. The number of fused-ring (bicyclic) bond motifs is 3. The highest BCUT2D eigenvalue weighted by Gasteiger charge is 2.57. The lowest BCUT2D eigenvalue weighted by atomic mass is 9.88. The summed E-state index contributed by atoms with van der Waals surface area (Å²) in [4.78, 5) is 47.6. The fraction of sp³-hybridized carbons (Fsp3) is 0.462. The van der Waals surface area contributed by atoms with Gasteiger partial charge in [-0.2, -0.15) is 0 Å². The summed E-state index contributed by atoms with van der Waals surface area (Å²) in [5, 5.41) is 10.4. The number of carbonyl (C=O) groups excluding carboxylic acids is 2. The number of aliphatic hydroxyl groups is 1. The first-order valence-electron chi connectivity index (χ1n) is 11.9. The number of carbonyl (C=O) groups is 2. The van der Waals surface area contributed by atoms with Gasteiger partial charge in [-0.05, 0) is 48.6 Å². The second-order valence-electron chi connectivity index (χ2n) is 9.68. The molecule has 34 heavy (non-hydrogen) atoms. The average Bonchev–Trinajstić information content (AvgIpc) is 3.54. The van der Waals surface area contributed by atoms with Gasteiger partial charge in [-0.1, -0.05) is 12.1 Å². The average molecular weight is 463 g/mol. The van der Waals surface area contributed by atoms with Gasteiger partial charge in [0.1, 0.15) is 6.04 Å². The first kappa shape index (κ1) is 22.5. The van der Waals surface area contributed by atoms with Crippen LogP contribution in [-0.4, -0.2) is 63.0 Å². The number of pyridine rings is 2. The highest BCUT2D eigenvalue weighted by atomic mass is 16.3. The van der Waals surface area contributed by atoms with Crippen molar-refractivity contribution in [2.45, 2.75) is 44.3 Å². The summed E-state index contributed by atoms with van der Waals surface area (Å²) in [6, 6.07) is 6.20. The molecule has 0 radical (unpaired) electrons. The number of hydrogen-bond acceptors (Lipinski definition) is 5. The molecule has 5 rings (SSSR count). The van der Waals surface area contributed by atoms with E-state index >= 15 is 0 Å². The Balaban J connectivity index is 1.58. The summed E-state index contributed by atoms with van der Waals surface area (Å²) >= 11 is 0. The highest BCUT2D eigenvalue weighted by molar-refractivity contribution is 5.90. The molecule has 0 bridgehead atoms. The molecule has 4 atom stereocenters. The Morgan fingerprint density at radius 3 is 2.71 bits per heavy atom. The van der Waals surface area contributed by atoms with Crippen molar-refractivity contribution in [3.8, 4) is 0 Å². The SMILES string of the molecule is CN(C)C(=O)[C@@H]1[C@@H](CO)[C@@H]2Cn3c(ccc(C4=CCCC4)c3=O)[C@@H]2N1C(=O)Cc1cccnc1. The van der Waals surface area contributed by atoms with Crippen molar-refractivity contribution in [2.24, 2.45) is 11.8 Å². The van der Waals surface area contributed by atoms with E-state index in [1.165, 1.54) is 4.90 Å².